The Bertz CT molecular complexity index is 332. The second-order valence-electron chi connectivity index (χ2n) is 4.70. The Morgan fingerprint density at radius 2 is 2.33 bits per heavy atom. The maximum absolute atomic E-state index is 11.0. The van der Waals surface area contributed by atoms with Crippen molar-refractivity contribution in [2.75, 3.05) is 6.61 Å². The van der Waals surface area contributed by atoms with Gasteiger partial charge < -0.3 is 19.5 Å². The molecule has 2 fully saturated rings. The number of carbonyl (C=O) groups is 2. The van der Waals surface area contributed by atoms with Crippen LogP contribution >= 0.6 is 0 Å². The van der Waals surface area contributed by atoms with Crippen LogP contribution in [0.5, 0.6) is 0 Å². The van der Waals surface area contributed by atoms with Gasteiger partial charge in [-0.25, -0.2) is 4.79 Å². The molecule has 0 bridgehead atoms. The van der Waals surface area contributed by atoms with E-state index >= 15 is 0 Å². The molecule has 0 aromatic carbocycles. The maximum Gasteiger partial charge on any atom is 0.407 e. The van der Waals surface area contributed by atoms with Crippen LogP contribution in [0.4, 0.5) is 4.79 Å². The molecule has 1 amide bonds. The predicted octanol–water partition coefficient (Wildman–Crippen LogP) is 0.984. The van der Waals surface area contributed by atoms with E-state index in [1.807, 2.05) is 6.92 Å². The van der Waals surface area contributed by atoms with Crippen LogP contribution in [0.2, 0.25) is 0 Å². The molecule has 0 aliphatic carbocycles. The van der Waals surface area contributed by atoms with Gasteiger partial charge in [-0.05, 0) is 19.3 Å². The lowest BCUT2D eigenvalue weighted by Gasteiger charge is -2.23. The molecular formula is C12H19NO5. The molecule has 2 rings (SSSR count). The fraction of sp³-hybridized carbons (Fsp3) is 0.833. The standard InChI is InChI=1S/C12H19NO5/c1-3-9(17-7(2)14)11-5-4-10(18-11)8-6-16-12(15)13-8/h8-11H,3-6H2,1-2H3,(H,13,15)/t8-,9-,10-,11+/m1/s1. The van der Waals surface area contributed by atoms with E-state index in [2.05, 4.69) is 5.32 Å². The smallest absolute Gasteiger partial charge is 0.407 e. The van der Waals surface area contributed by atoms with Gasteiger partial charge in [0.05, 0.1) is 18.2 Å². The number of cyclic esters (lactones) is 1. The van der Waals surface area contributed by atoms with Gasteiger partial charge in [-0.3, -0.25) is 4.79 Å². The Labute approximate surface area is 106 Å². The first-order valence-corrected chi connectivity index (χ1v) is 6.36. The van der Waals surface area contributed by atoms with E-state index < -0.39 is 0 Å². The quantitative estimate of drug-likeness (QED) is 0.760. The van der Waals surface area contributed by atoms with Gasteiger partial charge in [0.2, 0.25) is 0 Å². The fourth-order valence-electron chi connectivity index (χ4n) is 2.49. The van der Waals surface area contributed by atoms with E-state index in [1.54, 1.807) is 0 Å². The average molecular weight is 257 g/mol. The summed E-state index contributed by atoms with van der Waals surface area (Å²) in [5.74, 6) is -0.286. The number of nitrogens with one attached hydrogen (secondary N) is 1. The number of ether oxygens (including phenoxy) is 3. The SMILES string of the molecule is CC[C@@H](OC(C)=O)[C@@H]1CC[C@H]([C@H]2COC(=O)N2)O1. The molecule has 0 unspecified atom stereocenters. The summed E-state index contributed by atoms with van der Waals surface area (Å²) in [7, 11) is 0. The lowest BCUT2D eigenvalue weighted by molar-refractivity contribution is -0.155. The van der Waals surface area contributed by atoms with Crippen molar-refractivity contribution in [2.24, 2.45) is 0 Å². The number of amides is 1. The van der Waals surface area contributed by atoms with Crippen molar-refractivity contribution in [1.29, 1.82) is 0 Å². The molecule has 0 aromatic heterocycles. The van der Waals surface area contributed by atoms with Crippen molar-refractivity contribution in [3.8, 4) is 0 Å². The van der Waals surface area contributed by atoms with E-state index in [0.29, 0.717) is 6.61 Å². The van der Waals surface area contributed by atoms with Crippen LogP contribution in [-0.4, -0.2) is 43.0 Å². The lowest BCUT2D eigenvalue weighted by Crippen LogP contribution is -2.39. The first-order chi connectivity index (χ1) is 8.60. The number of carbonyl (C=O) groups excluding carboxylic acids is 2. The van der Waals surface area contributed by atoms with E-state index in [4.69, 9.17) is 14.2 Å². The average Bonchev–Trinajstić information content (AvgIpc) is 2.93. The number of rotatable bonds is 4. The van der Waals surface area contributed by atoms with Crippen LogP contribution in [-0.2, 0) is 19.0 Å². The monoisotopic (exact) mass is 257 g/mol. The molecule has 2 saturated heterocycles. The van der Waals surface area contributed by atoms with Crippen LogP contribution < -0.4 is 5.32 Å². The van der Waals surface area contributed by atoms with Crippen molar-refractivity contribution in [3.05, 3.63) is 0 Å². The van der Waals surface area contributed by atoms with Crippen LogP contribution in [0, 0.1) is 0 Å². The normalized spacial score (nSPS) is 32.8. The van der Waals surface area contributed by atoms with Crippen molar-refractivity contribution in [3.63, 3.8) is 0 Å². The zero-order chi connectivity index (χ0) is 13.1. The molecule has 2 aliphatic rings. The van der Waals surface area contributed by atoms with Crippen molar-refractivity contribution in [1.82, 2.24) is 5.32 Å². The molecule has 2 aliphatic heterocycles. The minimum atomic E-state index is -0.390. The van der Waals surface area contributed by atoms with Crippen LogP contribution in [0.25, 0.3) is 0 Å². The van der Waals surface area contributed by atoms with Gasteiger partial charge >= 0.3 is 12.1 Å². The number of esters is 1. The molecule has 0 aromatic rings. The van der Waals surface area contributed by atoms with Crippen molar-refractivity contribution >= 4 is 12.1 Å². The molecular weight excluding hydrogens is 238 g/mol. The molecule has 0 spiro atoms. The van der Waals surface area contributed by atoms with Crippen LogP contribution in [0.15, 0.2) is 0 Å². The van der Waals surface area contributed by atoms with E-state index in [-0.39, 0.29) is 36.4 Å². The van der Waals surface area contributed by atoms with Gasteiger partial charge in [-0.1, -0.05) is 6.92 Å². The number of hydrogen-bond acceptors (Lipinski definition) is 5. The third-order valence-electron chi connectivity index (χ3n) is 3.37. The van der Waals surface area contributed by atoms with E-state index in [9.17, 15) is 9.59 Å². The topological polar surface area (TPSA) is 73.9 Å². The highest BCUT2D eigenvalue weighted by Gasteiger charge is 2.39. The van der Waals surface area contributed by atoms with Crippen molar-refractivity contribution < 1.29 is 23.8 Å². The maximum atomic E-state index is 11.0. The van der Waals surface area contributed by atoms with E-state index in [0.717, 1.165) is 19.3 Å². The Morgan fingerprint density at radius 1 is 1.56 bits per heavy atom. The second-order valence-corrected chi connectivity index (χ2v) is 4.70. The summed E-state index contributed by atoms with van der Waals surface area (Å²) in [5, 5.41) is 2.72. The summed E-state index contributed by atoms with van der Waals surface area (Å²) in [6.45, 7) is 3.71. The summed E-state index contributed by atoms with van der Waals surface area (Å²) >= 11 is 0. The number of alkyl carbamates (subject to hydrolysis) is 1. The Balaban J connectivity index is 1.86. The largest absolute Gasteiger partial charge is 0.460 e. The lowest BCUT2D eigenvalue weighted by atomic mass is 10.1. The third-order valence-corrected chi connectivity index (χ3v) is 3.37. The van der Waals surface area contributed by atoms with Crippen molar-refractivity contribution in [2.45, 2.75) is 57.5 Å². The summed E-state index contributed by atoms with van der Waals surface area (Å²) in [6.07, 6.45) is 1.68. The zero-order valence-corrected chi connectivity index (χ0v) is 10.7. The molecule has 2 heterocycles. The Kier molecular flexibility index (Phi) is 4.06. The van der Waals surface area contributed by atoms with Gasteiger partial charge in [0, 0.05) is 6.92 Å². The Hall–Kier alpha value is -1.30. The summed E-state index contributed by atoms with van der Waals surface area (Å²) in [6, 6.07) is -0.0858. The first-order valence-electron chi connectivity index (χ1n) is 6.36. The second kappa shape index (κ2) is 5.56. The predicted molar refractivity (Wildman–Crippen MR) is 62.0 cm³/mol. The molecule has 4 atom stereocenters. The first kappa shape index (κ1) is 13.1. The third kappa shape index (κ3) is 2.93. The molecule has 6 nitrogen and oxygen atoms in total. The summed E-state index contributed by atoms with van der Waals surface area (Å²) in [4.78, 5) is 22.0. The highest BCUT2D eigenvalue weighted by atomic mass is 16.6. The number of hydrogen-bond donors (Lipinski definition) is 1. The van der Waals surface area contributed by atoms with E-state index in [1.165, 1.54) is 6.92 Å². The highest BCUT2D eigenvalue weighted by Crippen LogP contribution is 2.28. The summed E-state index contributed by atoms with van der Waals surface area (Å²) < 4.78 is 16.0. The minimum absolute atomic E-state index is 0.0499. The van der Waals surface area contributed by atoms with Gasteiger partial charge in [0.25, 0.3) is 0 Å². The Morgan fingerprint density at radius 3 is 2.89 bits per heavy atom. The molecule has 0 radical (unpaired) electrons. The zero-order valence-electron chi connectivity index (χ0n) is 10.7. The molecule has 18 heavy (non-hydrogen) atoms. The van der Waals surface area contributed by atoms with Gasteiger partial charge in [0.15, 0.2) is 0 Å². The van der Waals surface area contributed by atoms with Gasteiger partial charge in [-0.15, -0.1) is 0 Å². The van der Waals surface area contributed by atoms with Gasteiger partial charge in [0.1, 0.15) is 12.7 Å². The fourth-order valence-corrected chi connectivity index (χ4v) is 2.49. The van der Waals surface area contributed by atoms with Crippen LogP contribution in [0.3, 0.4) is 0 Å². The highest BCUT2D eigenvalue weighted by molar-refractivity contribution is 5.69. The minimum Gasteiger partial charge on any atom is -0.460 e. The summed E-state index contributed by atoms with van der Waals surface area (Å²) in [5.41, 5.74) is 0. The molecule has 0 saturated carbocycles. The molecule has 1 N–H and O–H groups in total. The molecule has 102 valence electrons. The molecule has 6 heteroatoms. The van der Waals surface area contributed by atoms with Gasteiger partial charge in [-0.2, -0.15) is 0 Å². The van der Waals surface area contributed by atoms with Crippen LogP contribution in [0.1, 0.15) is 33.1 Å².